The van der Waals surface area contributed by atoms with Crippen molar-refractivity contribution in [2.75, 3.05) is 7.11 Å². The predicted molar refractivity (Wildman–Crippen MR) is 98.4 cm³/mol. The number of hydrogen-bond donors (Lipinski definition) is 1. The zero-order valence-electron chi connectivity index (χ0n) is 14.8. The van der Waals surface area contributed by atoms with Gasteiger partial charge in [0.1, 0.15) is 5.75 Å². The highest BCUT2D eigenvalue weighted by Gasteiger charge is 2.08. The number of carbonyl (C=O) groups is 1. The molecular formula is C21H27NO2. The van der Waals surface area contributed by atoms with Crippen LogP contribution in [0.1, 0.15) is 36.5 Å². The van der Waals surface area contributed by atoms with E-state index < -0.39 is 0 Å². The highest BCUT2D eigenvalue weighted by molar-refractivity contribution is 5.76. The molecule has 0 spiro atoms. The van der Waals surface area contributed by atoms with Gasteiger partial charge in [-0.3, -0.25) is 4.79 Å². The van der Waals surface area contributed by atoms with Gasteiger partial charge in [-0.2, -0.15) is 0 Å². The number of benzene rings is 2. The Hall–Kier alpha value is -2.29. The van der Waals surface area contributed by atoms with Gasteiger partial charge in [0.05, 0.1) is 7.11 Å². The molecule has 0 bridgehead atoms. The summed E-state index contributed by atoms with van der Waals surface area (Å²) in [6.07, 6.45) is 3.21. The van der Waals surface area contributed by atoms with Crippen LogP contribution in [0.5, 0.6) is 5.75 Å². The molecule has 2 aromatic rings. The van der Waals surface area contributed by atoms with Gasteiger partial charge >= 0.3 is 0 Å². The average molecular weight is 325 g/mol. The first kappa shape index (κ1) is 18.1. The van der Waals surface area contributed by atoms with Gasteiger partial charge in [-0.15, -0.1) is 0 Å². The number of amides is 1. The van der Waals surface area contributed by atoms with Crippen LogP contribution in [0.3, 0.4) is 0 Å². The van der Waals surface area contributed by atoms with Gasteiger partial charge in [-0.1, -0.05) is 42.5 Å². The number of ether oxygens (including phenoxy) is 1. The van der Waals surface area contributed by atoms with Crippen LogP contribution >= 0.6 is 0 Å². The smallest absolute Gasteiger partial charge is 0.220 e. The molecule has 0 fully saturated rings. The number of hydrogen-bond acceptors (Lipinski definition) is 2. The van der Waals surface area contributed by atoms with Crippen molar-refractivity contribution in [3.05, 3.63) is 65.2 Å². The average Bonchev–Trinajstić information content (AvgIpc) is 2.59. The van der Waals surface area contributed by atoms with E-state index in [1.54, 1.807) is 7.11 Å². The summed E-state index contributed by atoms with van der Waals surface area (Å²) in [5, 5.41) is 3.09. The lowest BCUT2D eigenvalue weighted by molar-refractivity contribution is -0.121. The molecular weight excluding hydrogens is 298 g/mol. The fraction of sp³-hybridized carbons (Fsp3) is 0.381. The molecule has 1 N–H and O–H groups in total. The highest BCUT2D eigenvalue weighted by Crippen LogP contribution is 2.19. The van der Waals surface area contributed by atoms with Crippen LogP contribution < -0.4 is 10.1 Å². The molecule has 0 heterocycles. The molecule has 1 atom stereocenters. The minimum absolute atomic E-state index is 0.115. The van der Waals surface area contributed by atoms with Crippen molar-refractivity contribution in [3.8, 4) is 5.75 Å². The Morgan fingerprint density at radius 3 is 2.50 bits per heavy atom. The molecule has 0 radical (unpaired) electrons. The van der Waals surface area contributed by atoms with E-state index >= 15 is 0 Å². The van der Waals surface area contributed by atoms with Crippen molar-refractivity contribution < 1.29 is 9.53 Å². The minimum atomic E-state index is 0.115. The zero-order valence-corrected chi connectivity index (χ0v) is 14.8. The number of methoxy groups -OCH3 is 1. The number of carbonyl (C=O) groups excluding carboxylic acids is 1. The van der Waals surface area contributed by atoms with E-state index in [4.69, 9.17) is 4.74 Å². The van der Waals surface area contributed by atoms with Gasteiger partial charge in [0, 0.05) is 12.5 Å². The lowest BCUT2D eigenvalue weighted by Crippen LogP contribution is -2.33. The molecule has 2 aromatic carbocycles. The summed E-state index contributed by atoms with van der Waals surface area (Å²) in [6.45, 7) is 4.09. The normalized spacial score (nSPS) is 11.8. The summed E-state index contributed by atoms with van der Waals surface area (Å²) in [4.78, 5) is 12.1. The Kier molecular flexibility index (Phi) is 6.86. The quantitative estimate of drug-likeness (QED) is 0.794. The molecule has 2 rings (SSSR count). The standard InChI is InChI=1S/C21H27NO2/c1-16-15-19(11-13-20(16)24-3)12-14-21(23)22-17(2)9-10-18-7-5-4-6-8-18/h4-8,11,13,15,17H,9-10,12,14H2,1-3H3,(H,22,23)/t17-/m1/s1. The van der Waals surface area contributed by atoms with Crippen molar-refractivity contribution in [1.82, 2.24) is 5.32 Å². The largest absolute Gasteiger partial charge is 0.496 e. The maximum absolute atomic E-state index is 12.1. The molecule has 0 aliphatic rings. The number of rotatable bonds is 8. The molecule has 24 heavy (non-hydrogen) atoms. The Morgan fingerprint density at radius 2 is 1.83 bits per heavy atom. The SMILES string of the molecule is COc1ccc(CCC(=O)N[C@H](C)CCc2ccccc2)cc1C. The van der Waals surface area contributed by atoms with Crippen LogP contribution in [0.25, 0.3) is 0 Å². The molecule has 3 nitrogen and oxygen atoms in total. The van der Waals surface area contributed by atoms with Gasteiger partial charge in [-0.05, 0) is 55.9 Å². The number of nitrogens with one attached hydrogen (secondary N) is 1. The van der Waals surface area contributed by atoms with Gasteiger partial charge in [0.15, 0.2) is 0 Å². The van der Waals surface area contributed by atoms with Crippen LogP contribution in [0, 0.1) is 6.92 Å². The second-order valence-electron chi connectivity index (χ2n) is 6.30. The van der Waals surface area contributed by atoms with Crippen LogP contribution in [0.2, 0.25) is 0 Å². The first-order valence-electron chi connectivity index (χ1n) is 8.55. The monoisotopic (exact) mass is 325 g/mol. The van der Waals surface area contributed by atoms with Crippen molar-refractivity contribution in [3.63, 3.8) is 0 Å². The summed E-state index contributed by atoms with van der Waals surface area (Å²) in [5.41, 5.74) is 3.58. The molecule has 0 saturated carbocycles. The Morgan fingerprint density at radius 1 is 1.08 bits per heavy atom. The molecule has 0 unspecified atom stereocenters. The van der Waals surface area contributed by atoms with Crippen molar-refractivity contribution in [2.45, 2.75) is 45.6 Å². The molecule has 0 saturated heterocycles. The van der Waals surface area contributed by atoms with Gasteiger partial charge in [0.25, 0.3) is 0 Å². The van der Waals surface area contributed by atoms with Crippen molar-refractivity contribution >= 4 is 5.91 Å². The zero-order chi connectivity index (χ0) is 17.4. The highest BCUT2D eigenvalue weighted by atomic mass is 16.5. The summed E-state index contributed by atoms with van der Waals surface area (Å²) >= 11 is 0. The van der Waals surface area contributed by atoms with E-state index in [9.17, 15) is 4.79 Å². The van der Waals surface area contributed by atoms with Crippen molar-refractivity contribution in [2.24, 2.45) is 0 Å². The maximum atomic E-state index is 12.1. The predicted octanol–water partition coefficient (Wildman–Crippen LogP) is 4.07. The van der Waals surface area contributed by atoms with Crippen LogP contribution in [0.15, 0.2) is 48.5 Å². The topological polar surface area (TPSA) is 38.3 Å². The van der Waals surface area contributed by atoms with E-state index in [1.165, 1.54) is 11.1 Å². The van der Waals surface area contributed by atoms with E-state index in [1.807, 2.05) is 25.1 Å². The summed E-state index contributed by atoms with van der Waals surface area (Å²) < 4.78 is 5.26. The molecule has 0 aliphatic heterocycles. The third kappa shape index (κ3) is 5.73. The van der Waals surface area contributed by atoms with E-state index in [2.05, 4.69) is 42.6 Å². The number of aryl methyl sites for hydroxylation is 3. The van der Waals surface area contributed by atoms with Gasteiger partial charge in [-0.25, -0.2) is 0 Å². The minimum Gasteiger partial charge on any atom is -0.496 e. The van der Waals surface area contributed by atoms with Crippen LogP contribution in [-0.2, 0) is 17.6 Å². The lowest BCUT2D eigenvalue weighted by Gasteiger charge is -2.14. The lowest BCUT2D eigenvalue weighted by atomic mass is 10.0. The third-order valence-electron chi connectivity index (χ3n) is 4.22. The van der Waals surface area contributed by atoms with Gasteiger partial charge < -0.3 is 10.1 Å². The van der Waals surface area contributed by atoms with E-state index in [0.717, 1.165) is 30.6 Å². The summed E-state index contributed by atoms with van der Waals surface area (Å²) in [5.74, 6) is 1.00. The Balaban J connectivity index is 1.73. The fourth-order valence-electron chi connectivity index (χ4n) is 2.80. The second-order valence-corrected chi connectivity index (χ2v) is 6.30. The van der Waals surface area contributed by atoms with Crippen LogP contribution in [0.4, 0.5) is 0 Å². The Labute approximate surface area is 145 Å². The maximum Gasteiger partial charge on any atom is 0.220 e. The molecule has 1 amide bonds. The van der Waals surface area contributed by atoms with Gasteiger partial charge in [0.2, 0.25) is 5.91 Å². The first-order chi connectivity index (χ1) is 11.6. The summed E-state index contributed by atoms with van der Waals surface area (Å²) in [7, 11) is 1.67. The second kappa shape index (κ2) is 9.11. The first-order valence-corrected chi connectivity index (χ1v) is 8.55. The third-order valence-corrected chi connectivity index (χ3v) is 4.22. The molecule has 3 heteroatoms. The van der Waals surface area contributed by atoms with Crippen molar-refractivity contribution in [1.29, 1.82) is 0 Å². The summed E-state index contributed by atoms with van der Waals surface area (Å²) in [6, 6.07) is 16.6. The van der Waals surface area contributed by atoms with E-state index in [-0.39, 0.29) is 11.9 Å². The van der Waals surface area contributed by atoms with E-state index in [0.29, 0.717) is 6.42 Å². The fourth-order valence-corrected chi connectivity index (χ4v) is 2.80. The molecule has 0 aromatic heterocycles. The molecule has 0 aliphatic carbocycles. The molecule has 128 valence electrons. The Bertz CT molecular complexity index is 652. The van der Waals surface area contributed by atoms with Crippen LogP contribution in [-0.4, -0.2) is 19.1 Å².